The van der Waals surface area contributed by atoms with Crippen molar-refractivity contribution in [3.05, 3.63) is 83.7 Å². The fourth-order valence-electron chi connectivity index (χ4n) is 3.18. The molecule has 0 aliphatic heterocycles. The predicted octanol–water partition coefficient (Wildman–Crippen LogP) is 3.94. The van der Waals surface area contributed by atoms with Gasteiger partial charge < -0.3 is 10.2 Å². The van der Waals surface area contributed by atoms with E-state index in [1.165, 1.54) is 12.1 Å². The molecule has 0 aliphatic carbocycles. The number of carbonyl (C=O) groups is 1. The molecule has 0 saturated heterocycles. The summed E-state index contributed by atoms with van der Waals surface area (Å²) in [6.07, 6.45) is 0.338. The fourth-order valence-corrected chi connectivity index (χ4v) is 3.18. The van der Waals surface area contributed by atoms with E-state index in [4.69, 9.17) is 0 Å². The maximum Gasteiger partial charge on any atom is 0.224 e. The van der Waals surface area contributed by atoms with E-state index in [2.05, 4.69) is 5.32 Å². The topological polar surface area (TPSA) is 32.3 Å². The Bertz CT molecular complexity index is 885. The Morgan fingerprint density at radius 2 is 1.69 bits per heavy atom. The summed E-state index contributed by atoms with van der Waals surface area (Å²) in [6, 6.07) is 20.5. The molecule has 1 amide bonds. The van der Waals surface area contributed by atoms with Crippen LogP contribution in [0.4, 0.5) is 4.39 Å². The highest BCUT2D eigenvalue weighted by Crippen LogP contribution is 2.20. The standard InChI is InChI=1S/C22H23FN2O/c1-25(2)21(17-10-12-19(23)13-11-17)15-24-22(26)14-18-8-5-7-16-6-3-4-9-20(16)18/h3-13,21H,14-15H2,1-2H3,(H,24,26)/t21-/m1/s1. The van der Waals surface area contributed by atoms with Crippen LogP contribution in [0.2, 0.25) is 0 Å². The monoisotopic (exact) mass is 350 g/mol. The van der Waals surface area contributed by atoms with Crippen LogP contribution in [0.5, 0.6) is 0 Å². The van der Waals surface area contributed by atoms with Crippen LogP contribution in [0, 0.1) is 5.82 Å². The molecule has 0 bridgehead atoms. The Morgan fingerprint density at radius 3 is 2.42 bits per heavy atom. The van der Waals surface area contributed by atoms with Crippen molar-refractivity contribution in [2.24, 2.45) is 0 Å². The number of amides is 1. The van der Waals surface area contributed by atoms with E-state index in [0.29, 0.717) is 13.0 Å². The van der Waals surface area contributed by atoms with Crippen molar-refractivity contribution in [2.45, 2.75) is 12.5 Å². The minimum Gasteiger partial charge on any atom is -0.354 e. The molecule has 0 unspecified atom stereocenters. The summed E-state index contributed by atoms with van der Waals surface area (Å²) in [5.74, 6) is -0.276. The first-order valence-corrected chi connectivity index (χ1v) is 8.70. The molecule has 0 saturated carbocycles. The molecule has 4 heteroatoms. The number of fused-ring (bicyclic) bond motifs is 1. The van der Waals surface area contributed by atoms with Gasteiger partial charge in [-0.05, 0) is 48.1 Å². The van der Waals surface area contributed by atoms with Crippen LogP contribution < -0.4 is 5.32 Å². The third-order valence-electron chi connectivity index (χ3n) is 4.60. The first kappa shape index (κ1) is 18.1. The third-order valence-corrected chi connectivity index (χ3v) is 4.60. The van der Waals surface area contributed by atoms with Crippen molar-refractivity contribution < 1.29 is 9.18 Å². The fraction of sp³-hybridized carbons (Fsp3) is 0.227. The molecule has 1 N–H and O–H groups in total. The summed E-state index contributed by atoms with van der Waals surface area (Å²) in [7, 11) is 3.90. The number of nitrogens with one attached hydrogen (secondary N) is 1. The van der Waals surface area contributed by atoms with E-state index in [1.54, 1.807) is 12.1 Å². The van der Waals surface area contributed by atoms with Crippen LogP contribution in [-0.2, 0) is 11.2 Å². The SMILES string of the molecule is CN(C)[C@H](CNC(=O)Cc1cccc2ccccc12)c1ccc(F)cc1. The Hall–Kier alpha value is -2.72. The molecule has 0 fully saturated rings. The Morgan fingerprint density at radius 1 is 1.00 bits per heavy atom. The van der Waals surface area contributed by atoms with Gasteiger partial charge in [-0.25, -0.2) is 4.39 Å². The highest BCUT2D eigenvalue weighted by molar-refractivity contribution is 5.90. The molecule has 0 radical (unpaired) electrons. The van der Waals surface area contributed by atoms with Crippen molar-refractivity contribution in [2.75, 3.05) is 20.6 Å². The number of hydrogen-bond donors (Lipinski definition) is 1. The number of halogens is 1. The van der Waals surface area contributed by atoms with Crippen LogP contribution in [0.1, 0.15) is 17.2 Å². The number of benzene rings is 3. The lowest BCUT2D eigenvalue weighted by Gasteiger charge is -2.25. The molecule has 3 rings (SSSR count). The largest absolute Gasteiger partial charge is 0.354 e. The van der Waals surface area contributed by atoms with E-state index in [1.807, 2.05) is 61.5 Å². The lowest BCUT2D eigenvalue weighted by Crippen LogP contribution is -2.35. The number of hydrogen-bond acceptors (Lipinski definition) is 2. The average molecular weight is 350 g/mol. The van der Waals surface area contributed by atoms with Gasteiger partial charge in [-0.15, -0.1) is 0 Å². The number of likely N-dealkylation sites (N-methyl/N-ethyl adjacent to an activating group) is 1. The number of carbonyl (C=O) groups excluding carboxylic acids is 1. The average Bonchev–Trinajstić information content (AvgIpc) is 2.63. The van der Waals surface area contributed by atoms with Gasteiger partial charge in [-0.3, -0.25) is 4.79 Å². The van der Waals surface area contributed by atoms with Gasteiger partial charge in [0.05, 0.1) is 12.5 Å². The second kappa shape index (κ2) is 8.11. The Kier molecular flexibility index (Phi) is 5.64. The molecule has 3 aromatic rings. The summed E-state index contributed by atoms with van der Waals surface area (Å²) < 4.78 is 13.2. The Balaban J connectivity index is 1.68. The Labute approximate surface area is 153 Å². The normalized spacial score (nSPS) is 12.3. The second-order valence-electron chi connectivity index (χ2n) is 6.65. The lowest BCUT2D eigenvalue weighted by atomic mass is 10.0. The van der Waals surface area contributed by atoms with Crippen LogP contribution in [0.3, 0.4) is 0 Å². The van der Waals surface area contributed by atoms with Gasteiger partial charge in [-0.2, -0.15) is 0 Å². The van der Waals surface area contributed by atoms with Gasteiger partial charge in [0.2, 0.25) is 5.91 Å². The molecule has 3 nitrogen and oxygen atoms in total. The van der Waals surface area contributed by atoms with E-state index >= 15 is 0 Å². The van der Waals surface area contributed by atoms with Crippen molar-refractivity contribution in [3.8, 4) is 0 Å². The lowest BCUT2D eigenvalue weighted by molar-refractivity contribution is -0.120. The smallest absolute Gasteiger partial charge is 0.224 e. The van der Waals surface area contributed by atoms with E-state index in [0.717, 1.165) is 21.9 Å². The van der Waals surface area contributed by atoms with E-state index < -0.39 is 0 Å². The zero-order valence-electron chi connectivity index (χ0n) is 15.1. The summed E-state index contributed by atoms with van der Waals surface area (Å²) >= 11 is 0. The number of rotatable bonds is 6. The maximum atomic E-state index is 13.2. The zero-order valence-corrected chi connectivity index (χ0v) is 15.1. The minimum absolute atomic E-state index is 0.00734. The minimum atomic E-state index is -0.258. The summed E-state index contributed by atoms with van der Waals surface area (Å²) in [6.45, 7) is 0.474. The summed E-state index contributed by atoms with van der Waals surface area (Å²) in [4.78, 5) is 14.5. The van der Waals surface area contributed by atoms with Crippen LogP contribution in [-0.4, -0.2) is 31.4 Å². The summed E-state index contributed by atoms with van der Waals surface area (Å²) in [5, 5.41) is 5.26. The van der Waals surface area contributed by atoms with Crippen molar-refractivity contribution in [3.63, 3.8) is 0 Å². The first-order valence-electron chi connectivity index (χ1n) is 8.70. The highest BCUT2D eigenvalue weighted by Gasteiger charge is 2.16. The molecule has 0 spiro atoms. The van der Waals surface area contributed by atoms with Gasteiger partial charge >= 0.3 is 0 Å². The molecule has 1 atom stereocenters. The first-order chi connectivity index (χ1) is 12.5. The van der Waals surface area contributed by atoms with Crippen LogP contribution in [0.15, 0.2) is 66.7 Å². The van der Waals surface area contributed by atoms with Crippen molar-refractivity contribution in [1.82, 2.24) is 10.2 Å². The van der Waals surface area contributed by atoms with E-state index in [9.17, 15) is 9.18 Å². The predicted molar refractivity (Wildman–Crippen MR) is 103 cm³/mol. The van der Waals surface area contributed by atoms with Crippen molar-refractivity contribution in [1.29, 1.82) is 0 Å². The highest BCUT2D eigenvalue weighted by atomic mass is 19.1. The molecule has 0 heterocycles. The molecular formula is C22H23FN2O. The zero-order chi connectivity index (χ0) is 18.5. The quantitative estimate of drug-likeness (QED) is 0.730. The molecule has 134 valence electrons. The van der Waals surface area contributed by atoms with Gasteiger partial charge in [0, 0.05) is 6.54 Å². The maximum absolute atomic E-state index is 13.2. The van der Waals surface area contributed by atoms with E-state index in [-0.39, 0.29) is 17.8 Å². The molecular weight excluding hydrogens is 327 g/mol. The van der Waals surface area contributed by atoms with Crippen LogP contribution >= 0.6 is 0 Å². The van der Waals surface area contributed by atoms with Gasteiger partial charge in [0.1, 0.15) is 5.82 Å². The molecule has 0 aliphatic rings. The van der Waals surface area contributed by atoms with Gasteiger partial charge in [0.15, 0.2) is 0 Å². The van der Waals surface area contributed by atoms with Crippen LogP contribution in [0.25, 0.3) is 10.8 Å². The molecule has 0 aromatic heterocycles. The van der Waals surface area contributed by atoms with Crippen molar-refractivity contribution >= 4 is 16.7 Å². The second-order valence-corrected chi connectivity index (χ2v) is 6.65. The third kappa shape index (κ3) is 4.27. The molecule has 26 heavy (non-hydrogen) atoms. The summed E-state index contributed by atoms with van der Waals surface area (Å²) in [5.41, 5.74) is 1.99. The van der Waals surface area contributed by atoms with Gasteiger partial charge in [0.25, 0.3) is 0 Å². The van der Waals surface area contributed by atoms with Gasteiger partial charge in [-0.1, -0.05) is 54.6 Å². The number of nitrogens with zero attached hydrogens (tertiary/aromatic N) is 1. The molecule has 3 aromatic carbocycles.